The van der Waals surface area contributed by atoms with Gasteiger partial charge < -0.3 is 10.2 Å². The van der Waals surface area contributed by atoms with Crippen molar-refractivity contribution in [3.05, 3.63) is 113 Å². The Morgan fingerprint density at radius 1 is 0.872 bits per heavy atom. The van der Waals surface area contributed by atoms with E-state index in [-0.39, 0.29) is 11.6 Å². The Bertz CT molecular complexity index is 1670. The van der Waals surface area contributed by atoms with Crippen molar-refractivity contribution in [1.29, 1.82) is 0 Å². The number of urea groups is 1. The number of carbonyl (C=O) groups excluding carboxylic acids is 1. The first-order chi connectivity index (χ1) is 19.0. The number of hydrogen-bond acceptors (Lipinski definition) is 3. The minimum absolute atomic E-state index is 0.135. The molecule has 0 aliphatic rings. The van der Waals surface area contributed by atoms with E-state index in [1.165, 1.54) is 5.56 Å². The number of para-hydroxylation sites is 1. The van der Waals surface area contributed by atoms with Gasteiger partial charge in [-0.25, -0.2) is 9.78 Å². The van der Waals surface area contributed by atoms with Crippen LogP contribution in [0.3, 0.4) is 0 Å². The zero-order chi connectivity index (χ0) is 27.4. The Morgan fingerprint density at radius 3 is 2.28 bits per heavy atom. The lowest BCUT2D eigenvalue weighted by atomic mass is 10.1. The molecule has 1 atom stereocenters. The average molecular weight is 519 g/mol. The lowest BCUT2D eigenvalue weighted by Gasteiger charge is -2.32. The van der Waals surface area contributed by atoms with Gasteiger partial charge in [0.25, 0.3) is 5.56 Å². The molecule has 0 spiro atoms. The number of hydrogen-bond donors (Lipinski definition) is 1. The van der Waals surface area contributed by atoms with E-state index in [4.69, 9.17) is 4.98 Å². The van der Waals surface area contributed by atoms with Crippen LogP contribution in [0.25, 0.3) is 27.4 Å². The summed E-state index contributed by atoms with van der Waals surface area (Å²) in [6.07, 6.45) is 2.28. The summed E-state index contributed by atoms with van der Waals surface area (Å²) in [6, 6.07) is 28.7. The Hall–Kier alpha value is -4.45. The number of aryl methyl sites for hydroxylation is 1. The molecule has 39 heavy (non-hydrogen) atoms. The third-order valence-electron chi connectivity index (χ3n) is 7.22. The van der Waals surface area contributed by atoms with Gasteiger partial charge in [-0.1, -0.05) is 81.4 Å². The Morgan fingerprint density at radius 2 is 1.56 bits per heavy atom. The van der Waals surface area contributed by atoms with E-state index in [1.807, 2.05) is 103 Å². The highest BCUT2D eigenvalue weighted by molar-refractivity contribution is 6.01. The second kappa shape index (κ2) is 11.5. The SMILES string of the molecule is CCCN(C(=O)Nc1cccc2ccccc12)C(CC)c1nc2ccccc2c(=O)n1-c1ccc(CC)cc1. The van der Waals surface area contributed by atoms with Crippen molar-refractivity contribution in [3.63, 3.8) is 0 Å². The van der Waals surface area contributed by atoms with Gasteiger partial charge in [-0.15, -0.1) is 0 Å². The van der Waals surface area contributed by atoms with Gasteiger partial charge in [-0.2, -0.15) is 0 Å². The molecule has 0 saturated heterocycles. The van der Waals surface area contributed by atoms with Gasteiger partial charge in [0.1, 0.15) is 5.82 Å². The third-order valence-corrected chi connectivity index (χ3v) is 7.22. The summed E-state index contributed by atoms with van der Waals surface area (Å²) >= 11 is 0. The van der Waals surface area contributed by atoms with E-state index in [0.717, 1.165) is 35.0 Å². The Balaban J connectivity index is 1.63. The lowest BCUT2D eigenvalue weighted by molar-refractivity contribution is 0.181. The van der Waals surface area contributed by atoms with Crippen molar-refractivity contribution in [2.45, 2.75) is 46.1 Å². The molecule has 0 aliphatic carbocycles. The van der Waals surface area contributed by atoms with Crippen LogP contribution in [0.1, 0.15) is 51.0 Å². The Labute approximate surface area is 228 Å². The molecule has 5 aromatic rings. The summed E-state index contributed by atoms with van der Waals surface area (Å²) in [5.74, 6) is 0.562. The fourth-order valence-corrected chi connectivity index (χ4v) is 5.21. The van der Waals surface area contributed by atoms with Crippen LogP contribution in [-0.4, -0.2) is 27.0 Å². The quantitative estimate of drug-likeness (QED) is 0.231. The highest BCUT2D eigenvalue weighted by Gasteiger charge is 2.29. The largest absolute Gasteiger partial charge is 0.322 e. The topological polar surface area (TPSA) is 67.2 Å². The predicted molar refractivity (Wildman–Crippen MR) is 160 cm³/mol. The summed E-state index contributed by atoms with van der Waals surface area (Å²) in [6.45, 7) is 6.71. The molecule has 4 aromatic carbocycles. The van der Waals surface area contributed by atoms with Crippen molar-refractivity contribution in [2.24, 2.45) is 0 Å². The number of benzene rings is 4. The second-order valence-corrected chi connectivity index (χ2v) is 9.72. The molecule has 1 aromatic heterocycles. The molecule has 2 amide bonds. The summed E-state index contributed by atoms with van der Waals surface area (Å²) < 4.78 is 1.68. The molecule has 0 radical (unpaired) electrons. The van der Waals surface area contributed by atoms with E-state index in [2.05, 4.69) is 19.2 Å². The predicted octanol–water partition coefficient (Wildman–Crippen LogP) is 7.50. The lowest BCUT2D eigenvalue weighted by Crippen LogP contribution is -2.41. The molecule has 5 rings (SSSR count). The van der Waals surface area contributed by atoms with E-state index in [9.17, 15) is 9.59 Å². The maximum atomic E-state index is 13.9. The van der Waals surface area contributed by atoms with Crippen LogP contribution >= 0.6 is 0 Å². The summed E-state index contributed by atoms with van der Waals surface area (Å²) in [7, 11) is 0. The average Bonchev–Trinajstić information content (AvgIpc) is 2.97. The van der Waals surface area contributed by atoms with Crippen molar-refractivity contribution in [3.8, 4) is 5.69 Å². The molecule has 0 aliphatic heterocycles. The normalized spacial score (nSPS) is 12.0. The Kier molecular flexibility index (Phi) is 7.73. The second-order valence-electron chi connectivity index (χ2n) is 9.72. The number of rotatable bonds is 8. The van der Waals surface area contributed by atoms with Gasteiger partial charge in [0.05, 0.1) is 28.3 Å². The molecular weight excluding hydrogens is 484 g/mol. The molecule has 1 heterocycles. The standard InChI is InChI=1S/C33H34N4O2/c1-4-22-36(33(39)35-28-17-11-13-24-12-7-8-14-26(24)28)30(6-3)31-34-29-16-10-9-15-27(29)32(38)37(31)25-20-18-23(5-2)19-21-25/h7-21,30H,4-6,22H2,1-3H3,(H,35,39). The molecular formula is C33H34N4O2. The number of anilines is 1. The monoisotopic (exact) mass is 518 g/mol. The first-order valence-corrected chi connectivity index (χ1v) is 13.7. The van der Waals surface area contributed by atoms with Crippen molar-refractivity contribution >= 4 is 33.4 Å². The molecule has 0 saturated carbocycles. The van der Waals surface area contributed by atoms with Gasteiger partial charge in [-0.3, -0.25) is 9.36 Å². The first-order valence-electron chi connectivity index (χ1n) is 13.7. The highest BCUT2D eigenvalue weighted by atomic mass is 16.2. The van der Waals surface area contributed by atoms with Gasteiger partial charge >= 0.3 is 6.03 Å². The summed E-state index contributed by atoms with van der Waals surface area (Å²) in [5, 5.41) is 5.75. The van der Waals surface area contributed by atoms with E-state index in [0.29, 0.717) is 29.7 Å². The van der Waals surface area contributed by atoms with Crippen LogP contribution in [0.15, 0.2) is 95.8 Å². The number of nitrogens with zero attached hydrogens (tertiary/aromatic N) is 3. The third kappa shape index (κ3) is 5.15. The molecule has 0 bridgehead atoms. The molecule has 1 N–H and O–H groups in total. The highest BCUT2D eigenvalue weighted by Crippen LogP contribution is 2.29. The first kappa shape index (κ1) is 26.2. The van der Waals surface area contributed by atoms with Crippen LogP contribution in [0, 0.1) is 0 Å². The van der Waals surface area contributed by atoms with Gasteiger partial charge in [0, 0.05) is 11.9 Å². The van der Waals surface area contributed by atoms with Gasteiger partial charge in [-0.05, 0) is 60.5 Å². The van der Waals surface area contributed by atoms with E-state index >= 15 is 0 Å². The molecule has 6 nitrogen and oxygen atoms in total. The number of fused-ring (bicyclic) bond motifs is 2. The van der Waals surface area contributed by atoms with Crippen molar-refractivity contribution in [2.75, 3.05) is 11.9 Å². The van der Waals surface area contributed by atoms with E-state index < -0.39 is 6.04 Å². The van der Waals surface area contributed by atoms with Crippen molar-refractivity contribution < 1.29 is 4.79 Å². The summed E-state index contributed by atoms with van der Waals surface area (Å²) in [4.78, 5) is 34.6. The fraction of sp³-hybridized carbons (Fsp3) is 0.242. The van der Waals surface area contributed by atoms with Gasteiger partial charge in [0.15, 0.2) is 0 Å². The fourth-order valence-electron chi connectivity index (χ4n) is 5.21. The van der Waals surface area contributed by atoms with Crippen LogP contribution < -0.4 is 10.9 Å². The van der Waals surface area contributed by atoms with Crippen LogP contribution in [0.2, 0.25) is 0 Å². The molecule has 1 unspecified atom stereocenters. The minimum Gasteiger partial charge on any atom is -0.314 e. The van der Waals surface area contributed by atoms with Crippen molar-refractivity contribution in [1.82, 2.24) is 14.5 Å². The number of aromatic nitrogens is 2. The smallest absolute Gasteiger partial charge is 0.314 e. The maximum Gasteiger partial charge on any atom is 0.322 e. The number of carbonyl (C=O) groups is 1. The molecule has 0 fully saturated rings. The van der Waals surface area contributed by atoms with Crippen LogP contribution in [-0.2, 0) is 6.42 Å². The van der Waals surface area contributed by atoms with Crippen LogP contribution in [0.5, 0.6) is 0 Å². The van der Waals surface area contributed by atoms with Crippen LogP contribution in [0.4, 0.5) is 10.5 Å². The van der Waals surface area contributed by atoms with Gasteiger partial charge in [0.2, 0.25) is 0 Å². The molecule has 198 valence electrons. The number of amides is 2. The zero-order valence-electron chi connectivity index (χ0n) is 22.7. The summed E-state index contributed by atoms with van der Waals surface area (Å²) in [5.41, 5.74) is 3.19. The minimum atomic E-state index is -0.414. The van der Waals surface area contributed by atoms with E-state index in [1.54, 1.807) is 4.57 Å². The maximum absolute atomic E-state index is 13.9. The zero-order valence-corrected chi connectivity index (χ0v) is 22.7. The number of nitrogens with one attached hydrogen (secondary N) is 1. The molecule has 6 heteroatoms.